The van der Waals surface area contributed by atoms with E-state index < -0.39 is 5.60 Å². The minimum absolute atomic E-state index is 0.159. The van der Waals surface area contributed by atoms with Crippen LogP contribution < -0.4 is 0 Å². The summed E-state index contributed by atoms with van der Waals surface area (Å²) in [6.45, 7) is 5.54. The lowest BCUT2D eigenvalue weighted by Crippen LogP contribution is -2.25. The van der Waals surface area contributed by atoms with Crippen LogP contribution in [0.5, 0.6) is 0 Å². The van der Waals surface area contributed by atoms with Gasteiger partial charge < -0.3 is 4.74 Å². The monoisotopic (exact) mass is 396 g/mol. The first-order chi connectivity index (χ1) is 10.7. The zero-order chi connectivity index (χ0) is 17.0. The van der Waals surface area contributed by atoms with E-state index in [0.717, 1.165) is 10.0 Å². The Bertz CT molecular complexity index is 655. The summed E-state index contributed by atoms with van der Waals surface area (Å²) in [5.41, 5.74) is 1.12. The van der Waals surface area contributed by atoms with Crippen LogP contribution in [0.25, 0.3) is 0 Å². The summed E-state index contributed by atoms with van der Waals surface area (Å²) < 4.78 is 6.38. The van der Waals surface area contributed by atoms with Gasteiger partial charge in [0.1, 0.15) is 5.60 Å². The van der Waals surface area contributed by atoms with Crippen LogP contribution in [0.1, 0.15) is 44.4 Å². The molecule has 0 bridgehead atoms. The van der Waals surface area contributed by atoms with E-state index in [-0.39, 0.29) is 23.6 Å². The highest BCUT2D eigenvalue weighted by Crippen LogP contribution is 2.30. The van der Waals surface area contributed by atoms with Gasteiger partial charge in [0.25, 0.3) is 0 Å². The molecule has 1 heterocycles. The van der Waals surface area contributed by atoms with E-state index in [4.69, 9.17) is 16.3 Å². The molecule has 0 spiro atoms. The highest BCUT2D eigenvalue weighted by molar-refractivity contribution is 9.10. The van der Waals surface area contributed by atoms with Crippen LogP contribution in [0.4, 0.5) is 0 Å². The number of esters is 1. The third-order valence-electron chi connectivity index (χ3n) is 3.05. The molecular formula is C17H18BrClN2O2. The zero-order valence-electron chi connectivity index (χ0n) is 13.2. The Hall–Kier alpha value is -1.46. The Balaban J connectivity index is 2.34. The van der Waals surface area contributed by atoms with Gasteiger partial charge in [-0.25, -0.2) is 9.97 Å². The van der Waals surface area contributed by atoms with Gasteiger partial charge in [0.15, 0.2) is 0 Å². The lowest BCUT2D eigenvalue weighted by molar-refractivity contribution is -0.155. The smallest absolute Gasteiger partial charge is 0.307 e. The summed E-state index contributed by atoms with van der Waals surface area (Å²) >= 11 is 9.36. The normalized spacial score (nSPS) is 12.7. The summed E-state index contributed by atoms with van der Waals surface area (Å²) in [5.74, 6) is -0.528. The number of nitrogens with zero attached hydrogens (tertiary/aromatic N) is 2. The van der Waals surface area contributed by atoms with E-state index >= 15 is 0 Å². The minimum Gasteiger partial charge on any atom is -0.460 e. The molecule has 6 heteroatoms. The number of carbonyl (C=O) groups excluding carboxylic acids is 1. The topological polar surface area (TPSA) is 52.1 Å². The lowest BCUT2D eigenvalue weighted by atomic mass is 9.92. The fraction of sp³-hybridized carbons (Fsp3) is 0.353. The largest absolute Gasteiger partial charge is 0.460 e. The Labute approximate surface area is 149 Å². The number of aromatic nitrogens is 2. The molecule has 0 fully saturated rings. The third kappa shape index (κ3) is 5.59. The van der Waals surface area contributed by atoms with Crippen molar-refractivity contribution in [3.8, 4) is 0 Å². The minimum atomic E-state index is -0.526. The number of rotatable bonds is 4. The van der Waals surface area contributed by atoms with Crippen LogP contribution in [0, 0.1) is 0 Å². The van der Waals surface area contributed by atoms with Gasteiger partial charge in [0.2, 0.25) is 5.28 Å². The van der Waals surface area contributed by atoms with Crippen molar-refractivity contribution in [1.82, 2.24) is 9.97 Å². The molecule has 0 aliphatic heterocycles. The maximum Gasteiger partial charge on any atom is 0.307 e. The standard InChI is InChI=1S/C17H18BrClN2O2/c1-17(2,3)23-15(22)10-13(11-5-4-6-12(18)9-11)14-7-8-20-16(19)21-14/h4-9,13H,10H2,1-3H3. The number of ether oxygens (including phenoxy) is 1. The molecule has 23 heavy (non-hydrogen) atoms. The predicted octanol–water partition coefficient (Wildman–Crippen LogP) is 4.76. The highest BCUT2D eigenvalue weighted by Gasteiger charge is 2.24. The molecule has 0 radical (unpaired) electrons. The lowest BCUT2D eigenvalue weighted by Gasteiger charge is -2.22. The van der Waals surface area contributed by atoms with Gasteiger partial charge in [-0.15, -0.1) is 0 Å². The fourth-order valence-electron chi connectivity index (χ4n) is 2.21. The van der Waals surface area contributed by atoms with Crippen LogP contribution >= 0.6 is 27.5 Å². The molecule has 2 aromatic rings. The number of hydrogen-bond acceptors (Lipinski definition) is 4. The summed E-state index contributed by atoms with van der Waals surface area (Å²) in [6, 6.07) is 9.54. The van der Waals surface area contributed by atoms with Gasteiger partial charge in [-0.3, -0.25) is 4.79 Å². The van der Waals surface area contributed by atoms with Crippen molar-refractivity contribution in [2.75, 3.05) is 0 Å². The molecule has 0 N–H and O–H groups in total. The van der Waals surface area contributed by atoms with Crippen molar-refractivity contribution in [2.24, 2.45) is 0 Å². The van der Waals surface area contributed by atoms with Gasteiger partial charge in [0.05, 0.1) is 12.1 Å². The van der Waals surface area contributed by atoms with E-state index in [1.54, 1.807) is 12.3 Å². The van der Waals surface area contributed by atoms with Gasteiger partial charge in [0, 0.05) is 16.6 Å². The van der Waals surface area contributed by atoms with Crippen molar-refractivity contribution in [1.29, 1.82) is 0 Å². The van der Waals surface area contributed by atoms with Gasteiger partial charge in [-0.2, -0.15) is 0 Å². The molecule has 1 aromatic carbocycles. The predicted molar refractivity (Wildman–Crippen MR) is 93.5 cm³/mol. The van der Waals surface area contributed by atoms with Crippen LogP contribution in [0.2, 0.25) is 5.28 Å². The second-order valence-electron chi connectivity index (χ2n) is 6.15. The van der Waals surface area contributed by atoms with E-state index in [1.165, 1.54) is 0 Å². The number of benzene rings is 1. The maximum atomic E-state index is 12.3. The molecule has 1 unspecified atom stereocenters. The van der Waals surface area contributed by atoms with Gasteiger partial charge in [-0.1, -0.05) is 28.1 Å². The first-order valence-electron chi connectivity index (χ1n) is 7.20. The van der Waals surface area contributed by atoms with Crippen molar-refractivity contribution >= 4 is 33.5 Å². The Morgan fingerprint density at radius 1 is 1.35 bits per heavy atom. The van der Waals surface area contributed by atoms with E-state index in [1.807, 2.05) is 45.0 Å². The molecule has 0 amide bonds. The molecular weight excluding hydrogens is 380 g/mol. The molecule has 0 aliphatic rings. The third-order valence-corrected chi connectivity index (χ3v) is 3.72. The summed E-state index contributed by atoms with van der Waals surface area (Å²) in [7, 11) is 0. The SMILES string of the molecule is CC(C)(C)OC(=O)CC(c1cccc(Br)c1)c1ccnc(Cl)n1. The van der Waals surface area contributed by atoms with Crippen LogP contribution in [0.3, 0.4) is 0 Å². The first kappa shape index (κ1) is 17.9. The summed E-state index contributed by atoms with van der Waals surface area (Å²) in [5, 5.41) is 0.159. The van der Waals surface area contributed by atoms with Crippen LogP contribution in [-0.2, 0) is 9.53 Å². The van der Waals surface area contributed by atoms with E-state index in [2.05, 4.69) is 25.9 Å². The van der Waals surface area contributed by atoms with Gasteiger partial charge >= 0.3 is 5.97 Å². The number of carbonyl (C=O) groups is 1. The van der Waals surface area contributed by atoms with Crippen molar-refractivity contribution < 1.29 is 9.53 Å². The molecule has 2 rings (SSSR count). The molecule has 0 saturated heterocycles. The molecule has 0 saturated carbocycles. The average Bonchev–Trinajstić information content (AvgIpc) is 2.43. The summed E-state index contributed by atoms with van der Waals surface area (Å²) in [4.78, 5) is 20.4. The fourth-order valence-corrected chi connectivity index (χ4v) is 2.78. The number of halogens is 2. The van der Waals surface area contributed by atoms with Crippen molar-refractivity contribution in [3.63, 3.8) is 0 Å². The Kier molecular flexibility index (Phi) is 5.76. The molecule has 122 valence electrons. The quantitative estimate of drug-likeness (QED) is 0.551. The van der Waals surface area contributed by atoms with Crippen LogP contribution in [0.15, 0.2) is 41.0 Å². The Morgan fingerprint density at radius 2 is 2.09 bits per heavy atom. The second-order valence-corrected chi connectivity index (χ2v) is 7.40. The van der Waals surface area contributed by atoms with Crippen LogP contribution in [-0.4, -0.2) is 21.5 Å². The van der Waals surface area contributed by atoms with E-state index in [0.29, 0.717) is 5.69 Å². The molecule has 1 aromatic heterocycles. The second kappa shape index (κ2) is 7.41. The molecule has 0 aliphatic carbocycles. The first-order valence-corrected chi connectivity index (χ1v) is 8.37. The highest BCUT2D eigenvalue weighted by atomic mass is 79.9. The zero-order valence-corrected chi connectivity index (χ0v) is 15.6. The molecule has 1 atom stereocenters. The number of hydrogen-bond donors (Lipinski definition) is 0. The Morgan fingerprint density at radius 3 is 2.70 bits per heavy atom. The van der Waals surface area contributed by atoms with E-state index in [9.17, 15) is 4.79 Å². The van der Waals surface area contributed by atoms with Gasteiger partial charge in [-0.05, 0) is 56.1 Å². The van der Waals surface area contributed by atoms with Crippen molar-refractivity contribution in [2.45, 2.75) is 38.7 Å². The average molecular weight is 398 g/mol. The summed E-state index contributed by atoms with van der Waals surface area (Å²) in [6.07, 6.45) is 1.77. The van der Waals surface area contributed by atoms with Crippen molar-refractivity contribution in [3.05, 3.63) is 57.5 Å². The molecule has 4 nitrogen and oxygen atoms in total. The maximum absolute atomic E-state index is 12.3.